The number of fused-ring (bicyclic) bond motifs is 3. The second kappa shape index (κ2) is 14.6. The highest BCUT2D eigenvalue weighted by Crippen LogP contribution is 2.60. The molecule has 8 rings (SSSR count). The predicted octanol–water partition coefficient (Wildman–Crippen LogP) is 5.54. The van der Waals surface area contributed by atoms with E-state index in [1.165, 1.54) is 9.87 Å². The molecule has 2 saturated heterocycles. The molecule has 2 amide bonds. The maximum atomic E-state index is 15.3. The van der Waals surface area contributed by atoms with E-state index >= 15 is 4.79 Å². The van der Waals surface area contributed by atoms with Crippen LogP contribution in [-0.2, 0) is 26.5 Å². The summed E-state index contributed by atoms with van der Waals surface area (Å²) in [6.07, 6.45) is 2.84. The SMILES string of the molecule is COc1ccc([Si](C)(C)[C@H]2[C@H](CC(=O)N3CCC[C@H]3CO)O[C@@]3(C(=O)N(Cc4ccc(-n5ncc6ccccc6c5=O)cc4)c4ccc(OC)cc43)[C@@H]2C)cc1. The van der Waals surface area contributed by atoms with Gasteiger partial charge in [-0.3, -0.25) is 14.4 Å². The molecule has 56 heavy (non-hydrogen) atoms. The molecule has 0 radical (unpaired) electrons. The first kappa shape index (κ1) is 37.6. The number of aliphatic hydroxyl groups excluding tert-OH is 1. The summed E-state index contributed by atoms with van der Waals surface area (Å²) in [7, 11) is 0.756. The first-order valence-corrected chi connectivity index (χ1v) is 22.4. The van der Waals surface area contributed by atoms with Crippen molar-refractivity contribution in [1.29, 1.82) is 0 Å². The van der Waals surface area contributed by atoms with E-state index in [1.807, 2.05) is 72.8 Å². The number of likely N-dealkylation sites (tertiary alicyclic amines) is 1. The minimum Gasteiger partial charge on any atom is -0.497 e. The van der Waals surface area contributed by atoms with Crippen molar-refractivity contribution in [2.24, 2.45) is 5.92 Å². The molecule has 3 aliphatic rings. The van der Waals surface area contributed by atoms with E-state index in [0.29, 0.717) is 23.4 Å². The number of anilines is 1. The van der Waals surface area contributed by atoms with Gasteiger partial charge in [0.1, 0.15) is 11.5 Å². The molecule has 5 atom stereocenters. The fourth-order valence-corrected chi connectivity index (χ4v) is 13.6. The number of carbonyl (C=O) groups is 2. The Kier molecular flexibility index (Phi) is 9.84. The van der Waals surface area contributed by atoms with E-state index in [2.05, 4.69) is 37.2 Å². The molecule has 4 heterocycles. The molecular weight excluding hydrogens is 725 g/mol. The second-order valence-corrected chi connectivity index (χ2v) is 20.5. The molecule has 12 heteroatoms. The van der Waals surface area contributed by atoms with E-state index in [-0.39, 0.29) is 54.4 Å². The molecule has 1 spiro atoms. The summed E-state index contributed by atoms with van der Waals surface area (Å²) in [6.45, 7) is 7.47. The van der Waals surface area contributed by atoms with Crippen LogP contribution in [0.1, 0.15) is 37.3 Å². The molecule has 2 fully saturated rings. The lowest BCUT2D eigenvalue weighted by Crippen LogP contribution is -2.52. The zero-order valence-electron chi connectivity index (χ0n) is 32.5. The molecule has 0 saturated carbocycles. The van der Waals surface area contributed by atoms with Crippen LogP contribution in [0.15, 0.2) is 102 Å². The van der Waals surface area contributed by atoms with Gasteiger partial charge in [-0.05, 0) is 72.5 Å². The molecule has 0 aliphatic carbocycles. The molecule has 4 aromatic carbocycles. The predicted molar refractivity (Wildman–Crippen MR) is 218 cm³/mol. The lowest BCUT2D eigenvalue weighted by Gasteiger charge is -2.37. The van der Waals surface area contributed by atoms with Gasteiger partial charge in [-0.15, -0.1) is 0 Å². The molecule has 5 aromatic rings. The van der Waals surface area contributed by atoms with Crippen molar-refractivity contribution in [3.63, 3.8) is 0 Å². The Morgan fingerprint density at radius 1 is 0.964 bits per heavy atom. The number of aromatic nitrogens is 2. The third-order valence-electron chi connectivity index (χ3n) is 12.5. The van der Waals surface area contributed by atoms with Gasteiger partial charge in [0, 0.05) is 23.4 Å². The monoisotopic (exact) mass is 772 g/mol. The highest BCUT2D eigenvalue weighted by atomic mass is 28.3. The Morgan fingerprint density at radius 2 is 1.68 bits per heavy atom. The Hall–Kier alpha value is -5.30. The van der Waals surface area contributed by atoms with Gasteiger partial charge >= 0.3 is 0 Å². The summed E-state index contributed by atoms with van der Waals surface area (Å²) in [6, 6.07) is 28.5. The van der Waals surface area contributed by atoms with Gasteiger partial charge in [0.15, 0.2) is 5.60 Å². The summed E-state index contributed by atoms with van der Waals surface area (Å²) in [5.41, 5.74) is 1.23. The van der Waals surface area contributed by atoms with Gasteiger partial charge in [-0.2, -0.15) is 9.78 Å². The summed E-state index contributed by atoms with van der Waals surface area (Å²) in [5.74, 6) is 0.815. The number of methoxy groups -OCH3 is 2. The maximum absolute atomic E-state index is 15.3. The first-order chi connectivity index (χ1) is 27.0. The van der Waals surface area contributed by atoms with Gasteiger partial charge in [-0.25, -0.2) is 0 Å². The highest BCUT2D eigenvalue weighted by Gasteiger charge is 2.66. The molecule has 0 bridgehead atoms. The summed E-state index contributed by atoms with van der Waals surface area (Å²) in [5, 5.41) is 17.0. The Balaban J connectivity index is 1.17. The molecule has 1 N–H and O–H groups in total. The number of hydrogen-bond donors (Lipinski definition) is 1. The first-order valence-electron chi connectivity index (χ1n) is 19.3. The minimum absolute atomic E-state index is 0.0615. The molecule has 3 aliphatic heterocycles. The van der Waals surface area contributed by atoms with Gasteiger partial charge in [0.2, 0.25) is 5.91 Å². The van der Waals surface area contributed by atoms with Gasteiger partial charge in [-0.1, -0.05) is 67.7 Å². The summed E-state index contributed by atoms with van der Waals surface area (Å²) < 4.78 is 19.8. The number of nitrogens with zero attached hydrogens (tertiary/aromatic N) is 4. The van der Waals surface area contributed by atoms with Crippen molar-refractivity contribution in [1.82, 2.24) is 14.7 Å². The highest BCUT2D eigenvalue weighted by molar-refractivity contribution is 6.91. The van der Waals surface area contributed by atoms with Crippen LogP contribution in [0.3, 0.4) is 0 Å². The normalized spacial score (nSPS) is 23.3. The van der Waals surface area contributed by atoms with Crippen molar-refractivity contribution in [3.8, 4) is 17.2 Å². The van der Waals surface area contributed by atoms with Crippen LogP contribution < -0.4 is 25.1 Å². The largest absolute Gasteiger partial charge is 0.497 e. The number of amides is 2. The van der Waals surface area contributed by atoms with Crippen molar-refractivity contribution >= 4 is 41.5 Å². The number of benzene rings is 4. The number of ether oxygens (including phenoxy) is 3. The zero-order chi connectivity index (χ0) is 39.4. The quantitative estimate of drug-likeness (QED) is 0.184. The Bertz CT molecular complexity index is 2350. The van der Waals surface area contributed by atoms with Crippen molar-refractivity contribution in [2.45, 2.75) is 69.1 Å². The topological polar surface area (TPSA) is 123 Å². The number of carbonyl (C=O) groups excluding carboxylic acids is 2. The fourth-order valence-electron chi connectivity index (χ4n) is 9.62. The van der Waals surface area contributed by atoms with Crippen molar-refractivity contribution < 1.29 is 28.9 Å². The summed E-state index contributed by atoms with van der Waals surface area (Å²) >= 11 is 0. The van der Waals surface area contributed by atoms with E-state index < -0.39 is 19.8 Å². The average Bonchev–Trinajstić information content (AvgIpc) is 3.88. The van der Waals surface area contributed by atoms with Crippen LogP contribution in [-0.4, -0.2) is 79.2 Å². The standard InChI is InChI=1S/C44H48N4O7Si/c1-28-41(56(4,5)35-19-16-33(53-2)17-20-35)39(24-40(50)46-22-8-10-32(46)27-49)55-44(28)37-23-34(54-3)18-21-38(37)47(43(44)52)26-29-12-14-31(15-13-29)48-42(51)36-11-7-6-9-30(36)25-45-48/h6-7,9,11-21,23,25,28,32,39,41,49H,8,10,22,24,26-27H2,1-5H3/t28-,32+,39+,41-,44+/m1/s1. The molecule has 11 nitrogen and oxygen atoms in total. The zero-order valence-corrected chi connectivity index (χ0v) is 33.5. The smallest absolute Gasteiger partial charge is 0.279 e. The van der Waals surface area contributed by atoms with E-state index in [4.69, 9.17) is 14.2 Å². The van der Waals surface area contributed by atoms with E-state index in [9.17, 15) is 14.7 Å². The Morgan fingerprint density at radius 3 is 2.39 bits per heavy atom. The molecular formula is C44H48N4O7Si. The fraction of sp³-hybridized carbons (Fsp3) is 0.364. The van der Waals surface area contributed by atoms with Crippen LogP contribution in [0.25, 0.3) is 16.5 Å². The number of aliphatic hydroxyl groups is 1. The van der Waals surface area contributed by atoms with Crippen LogP contribution in [0, 0.1) is 5.92 Å². The van der Waals surface area contributed by atoms with Crippen LogP contribution in [0.4, 0.5) is 5.69 Å². The van der Waals surface area contributed by atoms with Crippen LogP contribution in [0.5, 0.6) is 11.5 Å². The molecule has 290 valence electrons. The minimum atomic E-state index is -2.50. The average molecular weight is 773 g/mol. The summed E-state index contributed by atoms with van der Waals surface area (Å²) in [4.78, 5) is 46.3. The number of hydrogen-bond acceptors (Lipinski definition) is 8. The molecule has 1 aromatic heterocycles. The Labute approximate surface area is 327 Å². The second-order valence-electron chi connectivity index (χ2n) is 15.8. The van der Waals surface area contributed by atoms with Gasteiger partial charge in [0.25, 0.3) is 11.5 Å². The van der Waals surface area contributed by atoms with Gasteiger partial charge in [0.05, 0.1) is 77.0 Å². The van der Waals surface area contributed by atoms with Crippen LogP contribution >= 0.6 is 0 Å². The lowest BCUT2D eigenvalue weighted by molar-refractivity contribution is -0.150. The number of rotatable bonds is 10. The van der Waals surface area contributed by atoms with E-state index in [0.717, 1.165) is 40.8 Å². The van der Waals surface area contributed by atoms with Crippen LogP contribution in [0.2, 0.25) is 18.6 Å². The molecule has 0 unspecified atom stereocenters. The van der Waals surface area contributed by atoms with Crippen molar-refractivity contribution in [3.05, 3.63) is 119 Å². The third-order valence-corrected chi connectivity index (χ3v) is 16.9. The van der Waals surface area contributed by atoms with Crippen molar-refractivity contribution in [2.75, 3.05) is 32.3 Å². The lowest BCUT2D eigenvalue weighted by atomic mass is 9.82. The third kappa shape index (κ3) is 6.11. The maximum Gasteiger partial charge on any atom is 0.279 e. The van der Waals surface area contributed by atoms with Gasteiger partial charge < -0.3 is 29.1 Å². The van der Waals surface area contributed by atoms with E-state index in [1.54, 1.807) is 36.3 Å².